The number of esters is 1. The van der Waals surface area contributed by atoms with Crippen molar-refractivity contribution in [1.29, 1.82) is 0 Å². The van der Waals surface area contributed by atoms with Crippen molar-refractivity contribution >= 4 is 22.6 Å². The van der Waals surface area contributed by atoms with Gasteiger partial charge in [0.15, 0.2) is 16.6 Å². The molecule has 1 heterocycles. The number of rotatable bonds is 4. The van der Waals surface area contributed by atoms with E-state index in [1.165, 1.54) is 0 Å². The number of ether oxygens (including phenoxy) is 1. The molecule has 1 saturated heterocycles. The van der Waals surface area contributed by atoms with Gasteiger partial charge in [-0.3, -0.25) is 4.79 Å². The lowest BCUT2D eigenvalue weighted by Gasteiger charge is -2.45. The molecule has 0 aromatic carbocycles. The quantitative estimate of drug-likeness (QED) is 0.529. The normalized spacial score (nSPS) is 31.5. The van der Waals surface area contributed by atoms with Crippen LogP contribution in [-0.2, 0) is 18.4 Å². The third-order valence-electron chi connectivity index (χ3n) is 6.62. The Morgan fingerprint density at radius 2 is 1.29 bits per heavy atom. The molecule has 24 heavy (non-hydrogen) atoms. The fraction of sp³-hybridized carbons (Fsp3) is 0.944. The first-order valence-electron chi connectivity index (χ1n) is 9.13. The average molecular weight is 373 g/mol. The van der Waals surface area contributed by atoms with E-state index in [2.05, 4.69) is 67.7 Å². The van der Waals surface area contributed by atoms with E-state index in [9.17, 15) is 4.79 Å². The van der Waals surface area contributed by atoms with E-state index in [-0.39, 0.29) is 40.3 Å². The number of carbonyl (C=O) groups is 1. The van der Waals surface area contributed by atoms with Crippen molar-refractivity contribution in [3.63, 3.8) is 0 Å². The predicted octanol–water partition coefficient (Wildman–Crippen LogP) is 4.71. The van der Waals surface area contributed by atoms with Crippen LogP contribution < -0.4 is 0 Å². The summed E-state index contributed by atoms with van der Waals surface area (Å²) in [6.07, 6.45) is 0.359. The van der Waals surface area contributed by atoms with Crippen molar-refractivity contribution in [2.24, 2.45) is 5.92 Å². The Bertz CT molecular complexity index is 502. The summed E-state index contributed by atoms with van der Waals surface area (Å²) < 4.78 is 18.9. The summed E-state index contributed by atoms with van der Waals surface area (Å²) >= 11 is 0. The van der Waals surface area contributed by atoms with Crippen LogP contribution in [0.25, 0.3) is 0 Å². The Morgan fingerprint density at radius 3 is 1.71 bits per heavy atom. The van der Waals surface area contributed by atoms with Gasteiger partial charge in [0.2, 0.25) is 0 Å². The van der Waals surface area contributed by atoms with Gasteiger partial charge in [-0.1, -0.05) is 41.5 Å². The van der Waals surface area contributed by atoms with Crippen molar-refractivity contribution in [2.45, 2.75) is 103 Å². The van der Waals surface area contributed by atoms with Crippen molar-refractivity contribution in [3.05, 3.63) is 0 Å². The Balaban J connectivity index is 2.25. The van der Waals surface area contributed by atoms with E-state index >= 15 is 0 Å². The first-order chi connectivity index (χ1) is 10.6. The molecule has 6 heteroatoms. The molecule has 1 aliphatic carbocycles. The highest BCUT2D eigenvalue weighted by molar-refractivity contribution is 6.74. The van der Waals surface area contributed by atoms with Crippen LogP contribution >= 0.6 is 0 Å². The zero-order valence-electron chi connectivity index (χ0n) is 17.1. The molecule has 2 aliphatic rings. The summed E-state index contributed by atoms with van der Waals surface area (Å²) in [5.41, 5.74) is 0. The molecule has 0 N–H and O–H groups in total. The second-order valence-corrected chi connectivity index (χ2v) is 20.0. The van der Waals surface area contributed by atoms with Gasteiger partial charge in [-0.05, 0) is 36.3 Å². The zero-order valence-corrected chi connectivity index (χ0v) is 19.1. The lowest BCUT2D eigenvalue weighted by atomic mass is 10.1. The first kappa shape index (κ1) is 20.1. The van der Waals surface area contributed by atoms with Crippen LogP contribution in [-0.4, -0.2) is 40.9 Å². The van der Waals surface area contributed by atoms with Gasteiger partial charge in [0, 0.05) is 6.42 Å². The summed E-state index contributed by atoms with van der Waals surface area (Å²) in [6, 6.07) is 0. The van der Waals surface area contributed by atoms with Crippen LogP contribution in [0, 0.1) is 5.92 Å². The van der Waals surface area contributed by atoms with Crippen molar-refractivity contribution in [2.75, 3.05) is 0 Å². The molecule has 0 radical (unpaired) electrons. The van der Waals surface area contributed by atoms with Crippen molar-refractivity contribution in [1.82, 2.24) is 0 Å². The third kappa shape index (κ3) is 3.52. The molecule has 0 unspecified atom stereocenters. The Kier molecular flexibility index (Phi) is 4.97. The molecular formula is C18H36O4Si2. The Labute approximate surface area is 149 Å². The number of carbonyl (C=O) groups excluding carboxylic acids is 1. The van der Waals surface area contributed by atoms with E-state index in [4.69, 9.17) is 13.6 Å². The Morgan fingerprint density at radius 1 is 0.875 bits per heavy atom. The van der Waals surface area contributed by atoms with Crippen LogP contribution in [0.5, 0.6) is 0 Å². The first-order valence-corrected chi connectivity index (χ1v) is 14.9. The predicted molar refractivity (Wildman–Crippen MR) is 102 cm³/mol. The highest BCUT2D eigenvalue weighted by Crippen LogP contribution is 2.48. The maximum atomic E-state index is 12.2. The highest BCUT2D eigenvalue weighted by atomic mass is 28.4. The monoisotopic (exact) mass is 372 g/mol. The number of fused-ring (bicyclic) bond motifs is 2. The number of hydrogen-bond donors (Lipinski definition) is 0. The standard InChI is InChI=1S/C18H36O4Si2/c1-17(2,3)23(7,8)21-14-12-11-13(20-16(12)19)15(14)22-24(9,10)18(4,5)6/h12-15H,11H2,1-10H3/t12-,13+,14-,15+/m1/s1. The van der Waals surface area contributed by atoms with Gasteiger partial charge in [0.25, 0.3) is 0 Å². The van der Waals surface area contributed by atoms with Crippen molar-refractivity contribution in [3.8, 4) is 0 Å². The molecule has 4 nitrogen and oxygen atoms in total. The molecule has 0 aromatic heterocycles. The van der Waals surface area contributed by atoms with E-state index in [0.717, 1.165) is 6.42 Å². The maximum absolute atomic E-state index is 12.2. The summed E-state index contributed by atoms with van der Waals surface area (Å²) in [5, 5.41) is 0.237. The molecule has 1 saturated carbocycles. The molecule has 140 valence electrons. The van der Waals surface area contributed by atoms with Crippen LogP contribution in [0.15, 0.2) is 0 Å². The van der Waals surface area contributed by atoms with Gasteiger partial charge in [-0.2, -0.15) is 0 Å². The summed E-state index contributed by atoms with van der Waals surface area (Å²) in [6.45, 7) is 22.4. The third-order valence-corrected chi connectivity index (χ3v) is 15.6. The fourth-order valence-electron chi connectivity index (χ4n) is 2.87. The molecule has 0 aromatic rings. The van der Waals surface area contributed by atoms with Gasteiger partial charge < -0.3 is 13.6 Å². The van der Waals surface area contributed by atoms with Gasteiger partial charge in [0.05, 0.1) is 12.0 Å². The van der Waals surface area contributed by atoms with Crippen LogP contribution in [0.3, 0.4) is 0 Å². The molecule has 4 atom stereocenters. The van der Waals surface area contributed by atoms with Gasteiger partial charge in [-0.15, -0.1) is 0 Å². The van der Waals surface area contributed by atoms with Gasteiger partial charge >= 0.3 is 5.97 Å². The van der Waals surface area contributed by atoms with Crippen LogP contribution in [0.2, 0.25) is 36.3 Å². The molecule has 0 spiro atoms. The molecule has 2 rings (SSSR count). The van der Waals surface area contributed by atoms with Gasteiger partial charge in [0.1, 0.15) is 12.2 Å². The SMILES string of the molecule is CC(C)(C)[Si](C)(C)O[C@@H]1[C@H](O[Si](C)(C)C(C)(C)C)[C@H]2C[C@@H]1OC2=O. The summed E-state index contributed by atoms with van der Waals surface area (Å²) in [5.74, 6) is -0.252. The smallest absolute Gasteiger partial charge is 0.312 e. The lowest BCUT2D eigenvalue weighted by Crippen LogP contribution is -2.56. The summed E-state index contributed by atoms with van der Waals surface area (Å²) in [7, 11) is -3.92. The minimum absolute atomic E-state index is 0.0983. The molecule has 2 bridgehead atoms. The minimum Gasteiger partial charge on any atom is -0.459 e. The second-order valence-electron chi connectivity index (χ2n) is 10.5. The molecule has 1 aliphatic heterocycles. The Hall–Kier alpha value is -0.176. The van der Waals surface area contributed by atoms with Crippen LogP contribution in [0.1, 0.15) is 48.0 Å². The lowest BCUT2D eigenvalue weighted by molar-refractivity contribution is -0.162. The van der Waals surface area contributed by atoms with E-state index in [1.54, 1.807) is 0 Å². The van der Waals surface area contributed by atoms with E-state index in [0.29, 0.717) is 0 Å². The fourth-order valence-corrected chi connectivity index (χ4v) is 5.52. The van der Waals surface area contributed by atoms with Crippen LogP contribution in [0.4, 0.5) is 0 Å². The van der Waals surface area contributed by atoms with E-state index < -0.39 is 16.6 Å². The van der Waals surface area contributed by atoms with Crippen molar-refractivity contribution < 1.29 is 18.4 Å². The highest BCUT2D eigenvalue weighted by Gasteiger charge is 2.60. The zero-order chi connectivity index (χ0) is 18.7. The molecular weight excluding hydrogens is 336 g/mol. The largest absolute Gasteiger partial charge is 0.459 e. The van der Waals surface area contributed by atoms with Gasteiger partial charge in [-0.25, -0.2) is 0 Å². The number of hydrogen-bond acceptors (Lipinski definition) is 4. The second kappa shape index (κ2) is 5.93. The maximum Gasteiger partial charge on any atom is 0.312 e. The average Bonchev–Trinajstić information content (AvgIpc) is 2.84. The topological polar surface area (TPSA) is 44.8 Å². The molecule has 0 amide bonds. The van der Waals surface area contributed by atoms with E-state index in [1.807, 2.05) is 0 Å². The minimum atomic E-state index is -1.97. The summed E-state index contributed by atoms with van der Waals surface area (Å²) in [4.78, 5) is 12.2. The molecule has 2 fully saturated rings.